The lowest BCUT2D eigenvalue weighted by molar-refractivity contribution is 0.0694. The first-order chi connectivity index (χ1) is 9.62. The van der Waals surface area contributed by atoms with Gasteiger partial charge in [-0.1, -0.05) is 13.8 Å². The van der Waals surface area contributed by atoms with Crippen LogP contribution in [0.5, 0.6) is 0 Å². The van der Waals surface area contributed by atoms with Crippen LogP contribution in [0.1, 0.15) is 41.2 Å². The van der Waals surface area contributed by atoms with E-state index >= 15 is 0 Å². The predicted molar refractivity (Wildman–Crippen MR) is 74.0 cm³/mol. The summed E-state index contributed by atoms with van der Waals surface area (Å²) in [5.41, 5.74) is 2.88. The zero-order valence-electron chi connectivity index (χ0n) is 11.4. The van der Waals surface area contributed by atoms with Crippen molar-refractivity contribution in [2.75, 3.05) is 0 Å². The fourth-order valence-corrected chi connectivity index (χ4v) is 2.22. The van der Waals surface area contributed by atoms with E-state index in [1.165, 1.54) is 0 Å². The Morgan fingerprint density at radius 1 is 1.30 bits per heavy atom. The molecule has 0 atom stereocenters. The van der Waals surface area contributed by atoms with Gasteiger partial charge in [0.2, 0.25) is 0 Å². The molecule has 1 aromatic carbocycles. The van der Waals surface area contributed by atoms with E-state index in [0.717, 1.165) is 5.69 Å². The van der Waals surface area contributed by atoms with E-state index < -0.39 is 5.97 Å². The number of hydrogen-bond donors (Lipinski definition) is 1. The third kappa shape index (κ3) is 2.28. The number of aromatic nitrogens is 2. The summed E-state index contributed by atoms with van der Waals surface area (Å²) in [7, 11) is 0. The highest BCUT2D eigenvalue weighted by Gasteiger charge is 2.21. The number of nitriles is 1. The molecule has 0 aliphatic rings. The Bertz CT molecular complexity index is 678. The highest BCUT2D eigenvalue weighted by Crippen LogP contribution is 2.20. The highest BCUT2D eigenvalue weighted by molar-refractivity contribution is 5.90. The molecule has 5 nitrogen and oxygen atoms in total. The Morgan fingerprint density at radius 2 is 1.95 bits per heavy atom. The number of carbonyl (C=O) groups is 1. The molecule has 0 fully saturated rings. The smallest absolute Gasteiger partial charge is 0.339 e. The quantitative estimate of drug-likeness (QED) is 0.925. The Balaban J connectivity index is 2.61. The first kappa shape index (κ1) is 13.8. The summed E-state index contributed by atoms with van der Waals surface area (Å²) in [6.07, 6.45) is 1.15. The predicted octanol–water partition coefficient (Wildman–Crippen LogP) is 2.57. The summed E-state index contributed by atoms with van der Waals surface area (Å²) < 4.78 is 1.66. The largest absolute Gasteiger partial charge is 0.478 e. The maximum atomic E-state index is 11.4. The van der Waals surface area contributed by atoms with Gasteiger partial charge >= 0.3 is 5.97 Å². The number of carboxylic acids is 1. The van der Waals surface area contributed by atoms with Gasteiger partial charge in [0.1, 0.15) is 5.56 Å². The molecule has 5 heteroatoms. The fraction of sp³-hybridized carbons (Fsp3) is 0.267. The Labute approximate surface area is 117 Å². The molecule has 1 heterocycles. The van der Waals surface area contributed by atoms with Gasteiger partial charge in [0.15, 0.2) is 0 Å². The van der Waals surface area contributed by atoms with Crippen molar-refractivity contribution in [2.24, 2.45) is 0 Å². The zero-order chi connectivity index (χ0) is 14.7. The molecule has 1 N–H and O–H groups in total. The SMILES string of the molecule is CCc1nn(-c2ccc(C#N)cc2)c(CC)c1C(=O)O. The van der Waals surface area contributed by atoms with Crippen LogP contribution in [0.15, 0.2) is 24.3 Å². The number of hydrogen-bond acceptors (Lipinski definition) is 3. The van der Waals surface area contributed by atoms with Crippen LogP contribution in [0.3, 0.4) is 0 Å². The van der Waals surface area contributed by atoms with Crippen LogP contribution in [0.4, 0.5) is 0 Å². The molecular formula is C15H15N3O2. The lowest BCUT2D eigenvalue weighted by Gasteiger charge is -2.06. The molecule has 0 bridgehead atoms. The van der Waals surface area contributed by atoms with E-state index in [2.05, 4.69) is 11.2 Å². The number of aryl methyl sites for hydroxylation is 1. The first-order valence-corrected chi connectivity index (χ1v) is 6.46. The van der Waals surface area contributed by atoms with E-state index in [1.807, 2.05) is 13.8 Å². The van der Waals surface area contributed by atoms with Gasteiger partial charge in [0, 0.05) is 0 Å². The van der Waals surface area contributed by atoms with Gasteiger partial charge in [-0.05, 0) is 37.1 Å². The lowest BCUT2D eigenvalue weighted by Crippen LogP contribution is -2.06. The molecule has 0 aliphatic heterocycles. The molecular weight excluding hydrogens is 254 g/mol. The van der Waals surface area contributed by atoms with Crippen molar-refractivity contribution in [3.8, 4) is 11.8 Å². The first-order valence-electron chi connectivity index (χ1n) is 6.46. The van der Waals surface area contributed by atoms with Crippen LogP contribution in [-0.4, -0.2) is 20.9 Å². The second-order valence-corrected chi connectivity index (χ2v) is 4.35. The third-order valence-electron chi connectivity index (χ3n) is 3.18. The Morgan fingerprint density at radius 3 is 2.40 bits per heavy atom. The van der Waals surface area contributed by atoms with Crippen LogP contribution >= 0.6 is 0 Å². The van der Waals surface area contributed by atoms with Crippen LogP contribution in [0.2, 0.25) is 0 Å². The normalized spacial score (nSPS) is 10.2. The molecule has 0 saturated carbocycles. The van der Waals surface area contributed by atoms with Gasteiger partial charge in [-0.2, -0.15) is 10.4 Å². The maximum absolute atomic E-state index is 11.4. The molecule has 20 heavy (non-hydrogen) atoms. The summed E-state index contributed by atoms with van der Waals surface area (Å²) in [5, 5.41) is 22.6. The second kappa shape index (κ2) is 5.57. The minimum absolute atomic E-state index is 0.291. The van der Waals surface area contributed by atoms with Crippen LogP contribution in [0, 0.1) is 11.3 Å². The van der Waals surface area contributed by atoms with Crippen LogP contribution in [-0.2, 0) is 12.8 Å². The summed E-state index contributed by atoms with van der Waals surface area (Å²) in [6, 6.07) is 9.00. The van der Waals surface area contributed by atoms with Crippen molar-refractivity contribution in [1.82, 2.24) is 9.78 Å². The topological polar surface area (TPSA) is 78.9 Å². The van der Waals surface area contributed by atoms with Crippen molar-refractivity contribution in [2.45, 2.75) is 26.7 Å². The number of aromatic carboxylic acids is 1. The van der Waals surface area contributed by atoms with E-state index in [-0.39, 0.29) is 0 Å². The van der Waals surface area contributed by atoms with E-state index in [0.29, 0.717) is 35.4 Å². The van der Waals surface area contributed by atoms with Gasteiger partial charge < -0.3 is 5.11 Å². The molecule has 0 unspecified atom stereocenters. The van der Waals surface area contributed by atoms with Crippen molar-refractivity contribution < 1.29 is 9.90 Å². The maximum Gasteiger partial charge on any atom is 0.339 e. The van der Waals surface area contributed by atoms with E-state index in [9.17, 15) is 9.90 Å². The molecule has 102 valence electrons. The Hall–Kier alpha value is -2.61. The van der Waals surface area contributed by atoms with Crippen LogP contribution < -0.4 is 0 Å². The summed E-state index contributed by atoms with van der Waals surface area (Å²) in [4.78, 5) is 11.4. The highest BCUT2D eigenvalue weighted by atomic mass is 16.4. The standard InChI is InChI=1S/C15H15N3O2/c1-3-12-14(15(19)20)13(4-2)18(17-12)11-7-5-10(9-16)6-8-11/h5-8H,3-4H2,1-2H3,(H,19,20). The summed E-state index contributed by atoms with van der Waals surface area (Å²) in [5.74, 6) is -0.946. The van der Waals surface area contributed by atoms with Gasteiger partial charge in [-0.25, -0.2) is 9.48 Å². The fourth-order valence-electron chi connectivity index (χ4n) is 2.22. The average molecular weight is 269 g/mol. The molecule has 0 amide bonds. The molecule has 2 rings (SSSR count). The van der Waals surface area contributed by atoms with Crippen molar-refractivity contribution in [3.05, 3.63) is 46.8 Å². The lowest BCUT2D eigenvalue weighted by atomic mass is 10.1. The van der Waals surface area contributed by atoms with E-state index in [4.69, 9.17) is 5.26 Å². The molecule has 0 saturated heterocycles. The molecule has 2 aromatic rings. The minimum Gasteiger partial charge on any atom is -0.478 e. The van der Waals surface area contributed by atoms with Gasteiger partial charge in [0.25, 0.3) is 0 Å². The minimum atomic E-state index is -0.946. The molecule has 0 radical (unpaired) electrons. The van der Waals surface area contributed by atoms with Gasteiger partial charge in [-0.15, -0.1) is 0 Å². The third-order valence-corrected chi connectivity index (χ3v) is 3.18. The number of benzene rings is 1. The van der Waals surface area contributed by atoms with Gasteiger partial charge in [-0.3, -0.25) is 0 Å². The average Bonchev–Trinajstić information content (AvgIpc) is 2.86. The van der Waals surface area contributed by atoms with E-state index in [1.54, 1.807) is 28.9 Å². The van der Waals surface area contributed by atoms with Crippen LogP contribution in [0.25, 0.3) is 5.69 Å². The number of nitrogens with zero attached hydrogens (tertiary/aromatic N) is 3. The zero-order valence-corrected chi connectivity index (χ0v) is 11.4. The van der Waals surface area contributed by atoms with Gasteiger partial charge in [0.05, 0.1) is 28.7 Å². The second-order valence-electron chi connectivity index (χ2n) is 4.35. The van der Waals surface area contributed by atoms with Crippen molar-refractivity contribution >= 4 is 5.97 Å². The monoisotopic (exact) mass is 269 g/mol. The molecule has 0 aliphatic carbocycles. The number of carboxylic acid groups (broad SMARTS) is 1. The number of rotatable bonds is 4. The van der Waals surface area contributed by atoms with Crippen molar-refractivity contribution in [1.29, 1.82) is 5.26 Å². The molecule has 1 aromatic heterocycles. The van der Waals surface area contributed by atoms with Crippen molar-refractivity contribution in [3.63, 3.8) is 0 Å². The molecule has 0 spiro atoms. The summed E-state index contributed by atoms with van der Waals surface area (Å²) in [6.45, 7) is 3.79. The summed E-state index contributed by atoms with van der Waals surface area (Å²) >= 11 is 0. The Kier molecular flexibility index (Phi) is 3.85.